The van der Waals surface area contributed by atoms with Crippen molar-refractivity contribution in [1.29, 1.82) is 0 Å². The molecular formula is C17H27N3O. The maximum absolute atomic E-state index is 5.71. The molecule has 1 N–H and O–H groups in total. The molecule has 0 radical (unpaired) electrons. The van der Waals surface area contributed by atoms with Gasteiger partial charge in [0.25, 0.3) is 6.01 Å². The molecular weight excluding hydrogens is 262 g/mol. The Bertz CT molecular complexity index is 464. The maximum Gasteiger partial charge on any atom is 0.297 e. The standard InChI is InChI=1S/C17H27N3O/c1-2-6-17(7-3-1)8-10-20(11-9-17)16-19-15(13-21-16)12-18-14-4-5-14/h13-14,18H,1-12H2. The van der Waals surface area contributed by atoms with Gasteiger partial charge in [0, 0.05) is 25.7 Å². The molecule has 116 valence electrons. The van der Waals surface area contributed by atoms with E-state index in [0.717, 1.165) is 37.4 Å². The van der Waals surface area contributed by atoms with Crippen LogP contribution in [0.15, 0.2) is 10.7 Å². The Morgan fingerprint density at radius 2 is 1.90 bits per heavy atom. The number of anilines is 1. The second-order valence-electron chi connectivity index (χ2n) is 7.32. The Morgan fingerprint density at radius 1 is 1.14 bits per heavy atom. The first-order valence-electron chi connectivity index (χ1n) is 8.76. The lowest BCUT2D eigenvalue weighted by molar-refractivity contribution is 0.142. The molecule has 1 aromatic rings. The molecule has 1 spiro atoms. The fourth-order valence-corrected chi connectivity index (χ4v) is 4.03. The van der Waals surface area contributed by atoms with Crippen LogP contribution < -0.4 is 10.2 Å². The maximum atomic E-state index is 5.71. The predicted molar refractivity (Wildman–Crippen MR) is 83.3 cm³/mol. The third-order valence-corrected chi connectivity index (χ3v) is 5.70. The highest BCUT2D eigenvalue weighted by atomic mass is 16.4. The second-order valence-corrected chi connectivity index (χ2v) is 7.32. The van der Waals surface area contributed by atoms with Crippen LogP contribution in [0.2, 0.25) is 0 Å². The second kappa shape index (κ2) is 5.64. The molecule has 0 aromatic carbocycles. The summed E-state index contributed by atoms with van der Waals surface area (Å²) in [6, 6.07) is 1.57. The summed E-state index contributed by atoms with van der Waals surface area (Å²) >= 11 is 0. The van der Waals surface area contributed by atoms with E-state index in [4.69, 9.17) is 4.42 Å². The first-order chi connectivity index (χ1) is 10.3. The van der Waals surface area contributed by atoms with E-state index in [0.29, 0.717) is 5.41 Å². The number of hydrogen-bond acceptors (Lipinski definition) is 4. The molecule has 4 nitrogen and oxygen atoms in total. The largest absolute Gasteiger partial charge is 0.432 e. The van der Waals surface area contributed by atoms with Gasteiger partial charge in [-0.25, -0.2) is 0 Å². The molecule has 1 aromatic heterocycles. The van der Waals surface area contributed by atoms with Crippen LogP contribution >= 0.6 is 0 Å². The van der Waals surface area contributed by atoms with Crippen molar-refractivity contribution in [3.63, 3.8) is 0 Å². The number of piperidine rings is 1. The van der Waals surface area contributed by atoms with Gasteiger partial charge in [-0.05, 0) is 43.9 Å². The average molecular weight is 289 g/mol. The molecule has 2 aliphatic carbocycles. The van der Waals surface area contributed by atoms with Gasteiger partial charge in [0.05, 0.1) is 5.69 Å². The van der Waals surface area contributed by atoms with Gasteiger partial charge < -0.3 is 14.6 Å². The lowest BCUT2D eigenvalue weighted by Crippen LogP contribution is -2.41. The first-order valence-corrected chi connectivity index (χ1v) is 8.76. The predicted octanol–water partition coefficient (Wildman–Crippen LogP) is 3.48. The topological polar surface area (TPSA) is 41.3 Å². The zero-order valence-electron chi connectivity index (χ0n) is 12.9. The van der Waals surface area contributed by atoms with Gasteiger partial charge in [-0.15, -0.1) is 0 Å². The van der Waals surface area contributed by atoms with Crippen molar-refractivity contribution in [3.05, 3.63) is 12.0 Å². The van der Waals surface area contributed by atoms with E-state index in [1.807, 2.05) is 6.26 Å². The van der Waals surface area contributed by atoms with Crippen molar-refractivity contribution in [2.75, 3.05) is 18.0 Å². The lowest BCUT2D eigenvalue weighted by atomic mass is 9.68. The van der Waals surface area contributed by atoms with E-state index in [2.05, 4.69) is 15.2 Å². The highest BCUT2D eigenvalue weighted by Crippen LogP contribution is 2.44. The third-order valence-electron chi connectivity index (χ3n) is 5.70. The molecule has 0 unspecified atom stereocenters. The Balaban J connectivity index is 1.32. The van der Waals surface area contributed by atoms with Gasteiger partial charge >= 0.3 is 0 Å². The molecule has 0 bridgehead atoms. The number of nitrogens with one attached hydrogen (secondary N) is 1. The molecule has 2 saturated carbocycles. The fourth-order valence-electron chi connectivity index (χ4n) is 4.03. The summed E-state index contributed by atoms with van der Waals surface area (Å²) in [7, 11) is 0. The monoisotopic (exact) mass is 289 g/mol. The van der Waals surface area contributed by atoms with E-state index in [9.17, 15) is 0 Å². The van der Waals surface area contributed by atoms with Crippen LogP contribution in [0.1, 0.15) is 63.5 Å². The molecule has 0 amide bonds. The summed E-state index contributed by atoms with van der Waals surface area (Å²) in [6.07, 6.45) is 14.3. The molecule has 3 aliphatic rings. The highest BCUT2D eigenvalue weighted by Gasteiger charge is 2.36. The third kappa shape index (κ3) is 3.10. The first kappa shape index (κ1) is 13.6. The summed E-state index contributed by atoms with van der Waals surface area (Å²) in [5.41, 5.74) is 1.70. The van der Waals surface area contributed by atoms with Crippen molar-refractivity contribution >= 4 is 6.01 Å². The average Bonchev–Trinajstić information content (AvgIpc) is 3.24. The highest BCUT2D eigenvalue weighted by molar-refractivity contribution is 5.28. The summed E-state index contributed by atoms with van der Waals surface area (Å²) < 4.78 is 5.71. The van der Waals surface area contributed by atoms with Gasteiger partial charge in [0.1, 0.15) is 6.26 Å². The molecule has 2 heterocycles. The number of oxazole rings is 1. The Hall–Kier alpha value is -1.03. The Kier molecular flexibility index (Phi) is 3.66. The van der Waals surface area contributed by atoms with Gasteiger partial charge in [-0.1, -0.05) is 19.3 Å². The van der Waals surface area contributed by atoms with E-state index in [-0.39, 0.29) is 0 Å². The van der Waals surface area contributed by atoms with Gasteiger partial charge in [0.15, 0.2) is 0 Å². The number of hydrogen-bond donors (Lipinski definition) is 1. The molecule has 1 saturated heterocycles. The summed E-state index contributed by atoms with van der Waals surface area (Å²) in [6.45, 7) is 3.10. The quantitative estimate of drug-likeness (QED) is 0.921. The summed E-state index contributed by atoms with van der Waals surface area (Å²) in [4.78, 5) is 7.01. The van der Waals surface area contributed by atoms with Crippen LogP contribution in [0.25, 0.3) is 0 Å². The molecule has 0 atom stereocenters. The minimum absolute atomic E-state index is 0.650. The van der Waals surface area contributed by atoms with Crippen molar-refractivity contribution in [1.82, 2.24) is 10.3 Å². The Morgan fingerprint density at radius 3 is 2.62 bits per heavy atom. The molecule has 3 fully saturated rings. The molecule has 21 heavy (non-hydrogen) atoms. The smallest absolute Gasteiger partial charge is 0.297 e. The SMILES string of the molecule is c1oc(N2CCC3(CCCCC3)CC2)nc1CNC1CC1. The summed E-state index contributed by atoms with van der Waals surface area (Å²) in [5, 5.41) is 3.49. The normalized spacial score (nSPS) is 25.4. The van der Waals surface area contributed by atoms with Gasteiger partial charge in [-0.2, -0.15) is 4.98 Å². The fraction of sp³-hybridized carbons (Fsp3) is 0.824. The lowest BCUT2D eigenvalue weighted by Gasteiger charge is -2.43. The molecule has 1 aliphatic heterocycles. The van der Waals surface area contributed by atoms with Crippen LogP contribution in [0.4, 0.5) is 6.01 Å². The summed E-state index contributed by atoms with van der Waals surface area (Å²) in [5.74, 6) is 0. The zero-order valence-corrected chi connectivity index (χ0v) is 12.9. The van der Waals surface area contributed by atoms with Crippen LogP contribution in [-0.4, -0.2) is 24.1 Å². The van der Waals surface area contributed by atoms with Crippen LogP contribution in [-0.2, 0) is 6.54 Å². The van der Waals surface area contributed by atoms with E-state index < -0.39 is 0 Å². The number of rotatable bonds is 4. The molecule has 4 rings (SSSR count). The minimum atomic E-state index is 0.650. The van der Waals surface area contributed by atoms with Crippen LogP contribution in [0, 0.1) is 5.41 Å². The van der Waals surface area contributed by atoms with Crippen molar-refractivity contribution in [2.45, 2.75) is 70.4 Å². The minimum Gasteiger partial charge on any atom is -0.432 e. The van der Waals surface area contributed by atoms with E-state index >= 15 is 0 Å². The molecule has 4 heteroatoms. The van der Waals surface area contributed by atoms with Crippen molar-refractivity contribution < 1.29 is 4.42 Å². The number of nitrogens with zero attached hydrogens (tertiary/aromatic N) is 2. The van der Waals surface area contributed by atoms with Crippen LogP contribution in [0.5, 0.6) is 0 Å². The van der Waals surface area contributed by atoms with E-state index in [1.165, 1.54) is 57.8 Å². The van der Waals surface area contributed by atoms with Crippen molar-refractivity contribution in [2.24, 2.45) is 5.41 Å². The Labute approximate surface area is 127 Å². The van der Waals surface area contributed by atoms with E-state index in [1.54, 1.807) is 0 Å². The van der Waals surface area contributed by atoms with Crippen LogP contribution in [0.3, 0.4) is 0 Å². The number of aromatic nitrogens is 1. The van der Waals surface area contributed by atoms with Gasteiger partial charge in [-0.3, -0.25) is 0 Å². The zero-order chi connectivity index (χ0) is 14.1. The van der Waals surface area contributed by atoms with Gasteiger partial charge in [0.2, 0.25) is 0 Å². The van der Waals surface area contributed by atoms with Crippen molar-refractivity contribution in [3.8, 4) is 0 Å².